The fourth-order valence-electron chi connectivity index (χ4n) is 2.29. The lowest BCUT2D eigenvalue weighted by Crippen LogP contribution is -2.25. The molecule has 0 fully saturated rings. The number of allylic oxidation sites excluding steroid dienone is 4. The fraction of sp³-hybridized carbons (Fsp3) is 0.643. The minimum atomic E-state index is 0.00798. The van der Waals surface area contributed by atoms with Gasteiger partial charge in [-0.2, -0.15) is 11.8 Å². The van der Waals surface area contributed by atoms with Crippen molar-refractivity contribution in [1.82, 2.24) is 0 Å². The van der Waals surface area contributed by atoms with Gasteiger partial charge in [0, 0.05) is 17.2 Å². The van der Waals surface area contributed by atoms with E-state index >= 15 is 0 Å². The first kappa shape index (κ1) is 13.6. The van der Waals surface area contributed by atoms with Crippen molar-refractivity contribution in [1.29, 1.82) is 0 Å². The van der Waals surface area contributed by atoms with Crippen LogP contribution in [0.5, 0.6) is 0 Å². The molecule has 1 aliphatic rings. The van der Waals surface area contributed by atoms with E-state index in [2.05, 4.69) is 39.2 Å². The summed E-state index contributed by atoms with van der Waals surface area (Å²) in [5.74, 6) is 0.328. The maximum Gasteiger partial charge on any atom is 0.160 e. The van der Waals surface area contributed by atoms with Crippen molar-refractivity contribution in [3.63, 3.8) is 0 Å². The number of thioether (sulfide) groups is 1. The predicted octanol–water partition coefficient (Wildman–Crippen LogP) is 4.00. The largest absolute Gasteiger partial charge is 0.294 e. The molecule has 1 aliphatic carbocycles. The Kier molecular flexibility index (Phi) is 4.43. The summed E-state index contributed by atoms with van der Waals surface area (Å²) in [5, 5.41) is 0.412. The van der Waals surface area contributed by atoms with Gasteiger partial charge in [-0.05, 0) is 30.6 Å². The van der Waals surface area contributed by atoms with E-state index in [9.17, 15) is 4.79 Å². The van der Waals surface area contributed by atoms with E-state index in [1.165, 1.54) is 0 Å². The van der Waals surface area contributed by atoms with E-state index in [1.54, 1.807) is 11.8 Å². The average Bonchev–Trinajstić information content (AvgIpc) is 2.15. The van der Waals surface area contributed by atoms with Crippen molar-refractivity contribution >= 4 is 17.5 Å². The highest BCUT2D eigenvalue weighted by Gasteiger charge is 2.31. The first-order chi connectivity index (χ1) is 7.38. The standard InChI is InChI=1S/C14H22OS/c1-10-7-6-8-14(3,4)13(10)12(15)9-11(2)16-5/h6-7,11H,8-9H2,1-5H3/t11-/m1/s1. The van der Waals surface area contributed by atoms with Crippen molar-refractivity contribution in [2.75, 3.05) is 6.26 Å². The van der Waals surface area contributed by atoms with E-state index < -0.39 is 0 Å². The summed E-state index contributed by atoms with van der Waals surface area (Å²) in [6.45, 7) is 8.49. The van der Waals surface area contributed by atoms with Crippen molar-refractivity contribution in [3.05, 3.63) is 23.3 Å². The van der Waals surface area contributed by atoms with Crippen molar-refractivity contribution in [2.45, 2.75) is 45.8 Å². The Bertz CT molecular complexity index is 337. The molecular formula is C14H22OS. The molecule has 0 amide bonds. The van der Waals surface area contributed by atoms with Crippen LogP contribution in [-0.4, -0.2) is 17.3 Å². The second-order valence-electron chi connectivity index (χ2n) is 5.22. The molecule has 0 bridgehead atoms. The molecule has 0 aromatic carbocycles. The van der Waals surface area contributed by atoms with Gasteiger partial charge in [0.1, 0.15) is 0 Å². The molecule has 0 aromatic heterocycles. The first-order valence-electron chi connectivity index (χ1n) is 5.82. The smallest absolute Gasteiger partial charge is 0.160 e. The Morgan fingerprint density at radius 3 is 2.69 bits per heavy atom. The topological polar surface area (TPSA) is 17.1 Å². The minimum Gasteiger partial charge on any atom is -0.294 e. The number of Topliss-reactive ketones (excluding diaryl/α,β-unsaturated/α-hetero) is 1. The third-order valence-electron chi connectivity index (χ3n) is 3.22. The van der Waals surface area contributed by atoms with Crippen LogP contribution < -0.4 is 0 Å². The van der Waals surface area contributed by atoms with Crippen LogP contribution in [0.25, 0.3) is 0 Å². The van der Waals surface area contributed by atoms with E-state index in [0.717, 1.165) is 17.6 Å². The zero-order valence-corrected chi connectivity index (χ0v) is 11.8. The Labute approximate surface area is 103 Å². The molecule has 90 valence electrons. The maximum atomic E-state index is 12.3. The summed E-state index contributed by atoms with van der Waals surface area (Å²) in [6, 6.07) is 0. The SMILES string of the molecule is CS[C@H](C)CC(=O)C1=C(C)C=CCC1(C)C. The van der Waals surface area contributed by atoms with Crippen LogP contribution in [-0.2, 0) is 4.79 Å². The molecular weight excluding hydrogens is 216 g/mol. The van der Waals surface area contributed by atoms with Crippen LogP contribution in [0.4, 0.5) is 0 Å². The Morgan fingerprint density at radius 1 is 1.56 bits per heavy atom. The lowest BCUT2D eigenvalue weighted by atomic mass is 9.73. The molecule has 1 nitrogen and oxygen atoms in total. The number of hydrogen-bond donors (Lipinski definition) is 0. The van der Waals surface area contributed by atoms with Gasteiger partial charge >= 0.3 is 0 Å². The molecule has 0 saturated carbocycles. The van der Waals surface area contributed by atoms with Crippen LogP contribution in [0.2, 0.25) is 0 Å². The zero-order valence-electron chi connectivity index (χ0n) is 11.0. The van der Waals surface area contributed by atoms with E-state index in [1.807, 2.05) is 6.92 Å². The predicted molar refractivity (Wildman–Crippen MR) is 72.8 cm³/mol. The molecule has 16 heavy (non-hydrogen) atoms. The summed E-state index contributed by atoms with van der Waals surface area (Å²) in [4.78, 5) is 12.3. The highest BCUT2D eigenvalue weighted by Crippen LogP contribution is 2.38. The number of carbonyl (C=O) groups excluding carboxylic acids is 1. The first-order valence-corrected chi connectivity index (χ1v) is 7.11. The quantitative estimate of drug-likeness (QED) is 0.736. The summed E-state index contributed by atoms with van der Waals surface area (Å²) in [5.41, 5.74) is 2.19. The van der Waals surface area contributed by atoms with Crippen LogP contribution in [0.3, 0.4) is 0 Å². The van der Waals surface area contributed by atoms with Gasteiger partial charge < -0.3 is 0 Å². The van der Waals surface area contributed by atoms with E-state index in [0.29, 0.717) is 17.5 Å². The van der Waals surface area contributed by atoms with Gasteiger partial charge in [-0.15, -0.1) is 0 Å². The van der Waals surface area contributed by atoms with Gasteiger partial charge in [-0.3, -0.25) is 4.79 Å². The normalized spacial score (nSPS) is 21.1. The molecule has 0 spiro atoms. The highest BCUT2D eigenvalue weighted by atomic mass is 32.2. The number of hydrogen-bond acceptors (Lipinski definition) is 2. The number of ketones is 1. The van der Waals surface area contributed by atoms with Crippen molar-refractivity contribution < 1.29 is 4.79 Å². The van der Waals surface area contributed by atoms with Crippen LogP contribution >= 0.6 is 11.8 Å². The zero-order chi connectivity index (χ0) is 12.3. The number of rotatable bonds is 4. The molecule has 0 aliphatic heterocycles. The summed E-state index contributed by atoms with van der Waals surface area (Å²) < 4.78 is 0. The Balaban J connectivity index is 2.92. The third-order valence-corrected chi connectivity index (χ3v) is 4.19. The molecule has 0 N–H and O–H groups in total. The van der Waals surface area contributed by atoms with Gasteiger partial charge in [0.15, 0.2) is 5.78 Å². The molecule has 0 aromatic rings. The van der Waals surface area contributed by atoms with Crippen LogP contribution in [0, 0.1) is 5.41 Å². The van der Waals surface area contributed by atoms with Crippen LogP contribution in [0.15, 0.2) is 23.3 Å². The molecule has 0 unspecified atom stereocenters. The van der Waals surface area contributed by atoms with Gasteiger partial charge in [0.05, 0.1) is 0 Å². The monoisotopic (exact) mass is 238 g/mol. The third kappa shape index (κ3) is 3.00. The summed E-state index contributed by atoms with van der Waals surface area (Å²) >= 11 is 1.76. The molecule has 1 atom stereocenters. The fourth-order valence-corrected chi connectivity index (χ4v) is 2.61. The Hall–Kier alpha value is -0.500. The molecule has 2 heteroatoms. The van der Waals surface area contributed by atoms with Crippen LogP contribution in [0.1, 0.15) is 40.5 Å². The maximum absolute atomic E-state index is 12.3. The minimum absolute atomic E-state index is 0.00798. The summed E-state index contributed by atoms with van der Waals surface area (Å²) in [6.07, 6.45) is 7.95. The lowest BCUT2D eigenvalue weighted by Gasteiger charge is -2.31. The van der Waals surface area contributed by atoms with E-state index in [-0.39, 0.29) is 5.41 Å². The van der Waals surface area contributed by atoms with E-state index in [4.69, 9.17) is 0 Å². The second-order valence-corrected chi connectivity index (χ2v) is 6.50. The van der Waals surface area contributed by atoms with Gasteiger partial charge in [-0.25, -0.2) is 0 Å². The average molecular weight is 238 g/mol. The molecule has 0 radical (unpaired) electrons. The number of carbonyl (C=O) groups is 1. The molecule has 0 heterocycles. The summed E-state index contributed by atoms with van der Waals surface area (Å²) in [7, 11) is 0. The van der Waals surface area contributed by atoms with Gasteiger partial charge in [-0.1, -0.05) is 32.9 Å². The molecule has 0 saturated heterocycles. The highest BCUT2D eigenvalue weighted by molar-refractivity contribution is 7.99. The van der Waals surface area contributed by atoms with Gasteiger partial charge in [0.2, 0.25) is 0 Å². The Morgan fingerprint density at radius 2 is 2.19 bits per heavy atom. The van der Waals surface area contributed by atoms with Crippen molar-refractivity contribution in [3.8, 4) is 0 Å². The van der Waals surface area contributed by atoms with Gasteiger partial charge in [0.25, 0.3) is 0 Å². The van der Waals surface area contributed by atoms with Crippen molar-refractivity contribution in [2.24, 2.45) is 5.41 Å². The lowest BCUT2D eigenvalue weighted by molar-refractivity contribution is -0.116. The second kappa shape index (κ2) is 5.22. The molecule has 1 rings (SSSR count).